The van der Waals surface area contributed by atoms with Crippen LogP contribution in [-0.4, -0.2) is 37.9 Å². The average Bonchev–Trinajstić information content (AvgIpc) is 2.83. The molecule has 1 aromatic rings. The van der Waals surface area contributed by atoms with Crippen LogP contribution >= 0.6 is 0 Å². The summed E-state index contributed by atoms with van der Waals surface area (Å²) in [4.78, 5) is 2.34. The molecule has 0 bridgehead atoms. The first-order chi connectivity index (χ1) is 8.70. The van der Waals surface area contributed by atoms with Gasteiger partial charge >= 0.3 is 0 Å². The largest absolute Gasteiger partial charge is 0.454 e. The van der Waals surface area contributed by atoms with Crippen molar-refractivity contribution in [1.82, 2.24) is 4.90 Å². The quantitative estimate of drug-likeness (QED) is 0.833. The Bertz CT molecular complexity index is 395. The summed E-state index contributed by atoms with van der Waals surface area (Å²) in [5.41, 5.74) is 6.86. The number of nitrogens with two attached hydrogens (primary N) is 1. The van der Waals surface area contributed by atoms with E-state index in [0.29, 0.717) is 12.8 Å². The van der Waals surface area contributed by atoms with Crippen LogP contribution in [0.4, 0.5) is 0 Å². The Morgan fingerprint density at radius 1 is 1.33 bits per heavy atom. The maximum atomic E-state index is 5.58. The fourth-order valence-electron chi connectivity index (χ4n) is 2.08. The zero-order valence-corrected chi connectivity index (χ0v) is 11.2. The van der Waals surface area contributed by atoms with Gasteiger partial charge in [0, 0.05) is 12.6 Å². The van der Waals surface area contributed by atoms with Crippen LogP contribution < -0.4 is 15.2 Å². The second kappa shape index (κ2) is 6.07. The normalized spacial score (nSPS) is 15.1. The Balaban J connectivity index is 1.86. The summed E-state index contributed by atoms with van der Waals surface area (Å²) in [5.74, 6) is 1.72. The molecule has 1 aliphatic heterocycles. The van der Waals surface area contributed by atoms with E-state index in [-0.39, 0.29) is 0 Å². The molecule has 1 heterocycles. The molecule has 4 nitrogen and oxygen atoms in total. The van der Waals surface area contributed by atoms with E-state index in [2.05, 4.69) is 31.0 Å². The lowest BCUT2D eigenvalue weighted by Gasteiger charge is -2.24. The number of nitrogens with zero attached hydrogens (tertiary/aromatic N) is 1. The minimum atomic E-state index is 0.340. The van der Waals surface area contributed by atoms with E-state index in [1.54, 1.807) is 0 Å². The molecule has 1 atom stereocenters. The van der Waals surface area contributed by atoms with Crippen LogP contribution in [0, 0.1) is 0 Å². The molecule has 0 aliphatic carbocycles. The van der Waals surface area contributed by atoms with Crippen molar-refractivity contribution in [1.29, 1.82) is 0 Å². The summed E-state index contributed by atoms with van der Waals surface area (Å²) >= 11 is 0. The van der Waals surface area contributed by atoms with Crippen LogP contribution in [0.25, 0.3) is 0 Å². The van der Waals surface area contributed by atoms with Gasteiger partial charge in [-0.05, 0) is 51.1 Å². The highest BCUT2D eigenvalue weighted by atomic mass is 16.7. The molecule has 1 aromatic carbocycles. The number of hydrogen-bond donors (Lipinski definition) is 1. The number of ether oxygens (including phenoxy) is 2. The second-order valence-corrected chi connectivity index (χ2v) is 4.84. The van der Waals surface area contributed by atoms with Crippen molar-refractivity contribution in [3.8, 4) is 11.5 Å². The molecule has 0 radical (unpaired) electrons. The molecule has 2 rings (SSSR count). The number of fused-ring (bicyclic) bond motifs is 1. The summed E-state index contributed by atoms with van der Waals surface area (Å²) in [6.07, 6.45) is 2.06. The Kier molecular flexibility index (Phi) is 4.44. The molecule has 0 fully saturated rings. The predicted octanol–water partition coefficient (Wildman–Crippen LogP) is 1.63. The lowest BCUT2D eigenvalue weighted by molar-refractivity contribution is 0.174. The molecule has 0 amide bonds. The molecular weight excluding hydrogens is 228 g/mol. The van der Waals surface area contributed by atoms with Crippen LogP contribution in [0.15, 0.2) is 18.2 Å². The van der Waals surface area contributed by atoms with E-state index in [1.807, 2.05) is 6.07 Å². The summed E-state index contributed by atoms with van der Waals surface area (Å²) < 4.78 is 10.7. The van der Waals surface area contributed by atoms with Gasteiger partial charge in [0.1, 0.15) is 0 Å². The van der Waals surface area contributed by atoms with E-state index < -0.39 is 0 Å². The molecule has 0 saturated carbocycles. The first-order valence-electron chi connectivity index (χ1n) is 6.49. The maximum Gasteiger partial charge on any atom is 0.231 e. The molecule has 4 heteroatoms. The Morgan fingerprint density at radius 3 is 2.89 bits per heavy atom. The van der Waals surface area contributed by atoms with Crippen molar-refractivity contribution in [3.05, 3.63) is 23.8 Å². The SMILES string of the molecule is CC(CCN)N(C)CCc1ccc2c(c1)OCO2. The lowest BCUT2D eigenvalue weighted by atomic mass is 10.1. The van der Waals surface area contributed by atoms with Gasteiger partial charge in [0.2, 0.25) is 6.79 Å². The molecule has 2 N–H and O–H groups in total. The second-order valence-electron chi connectivity index (χ2n) is 4.84. The van der Waals surface area contributed by atoms with Gasteiger partial charge in [-0.25, -0.2) is 0 Å². The minimum absolute atomic E-state index is 0.340. The number of benzene rings is 1. The highest BCUT2D eigenvalue weighted by Crippen LogP contribution is 2.32. The third-order valence-corrected chi connectivity index (χ3v) is 3.53. The zero-order valence-electron chi connectivity index (χ0n) is 11.2. The van der Waals surface area contributed by atoms with Gasteiger partial charge in [0.15, 0.2) is 11.5 Å². The standard InChI is InChI=1S/C14H22N2O2/c1-11(5-7-15)16(2)8-6-12-3-4-13-14(9-12)18-10-17-13/h3-4,9,11H,5-8,10,15H2,1-2H3. The summed E-state index contributed by atoms with van der Waals surface area (Å²) in [6.45, 7) is 4.33. The molecule has 0 spiro atoms. The molecule has 1 aliphatic rings. The Labute approximate surface area is 109 Å². The summed E-state index contributed by atoms with van der Waals surface area (Å²) in [6, 6.07) is 6.70. The van der Waals surface area contributed by atoms with Crippen LogP contribution in [0.5, 0.6) is 11.5 Å². The molecule has 18 heavy (non-hydrogen) atoms. The minimum Gasteiger partial charge on any atom is -0.454 e. The van der Waals surface area contributed by atoms with E-state index in [9.17, 15) is 0 Å². The monoisotopic (exact) mass is 250 g/mol. The third kappa shape index (κ3) is 3.15. The smallest absolute Gasteiger partial charge is 0.231 e. The summed E-state index contributed by atoms with van der Waals surface area (Å²) in [5, 5.41) is 0. The van der Waals surface area contributed by atoms with Crippen molar-refractivity contribution in [2.24, 2.45) is 5.73 Å². The van der Waals surface area contributed by atoms with Crippen molar-refractivity contribution in [2.45, 2.75) is 25.8 Å². The number of likely N-dealkylation sites (N-methyl/N-ethyl adjacent to an activating group) is 1. The average molecular weight is 250 g/mol. The van der Waals surface area contributed by atoms with Crippen LogP contribution in [0.2, 0.25) is 0 Å². The fourth-order valence-corrected chi connectivity index (χ4v) is 2.08. The number of rotatable bonds is 6. The van der Waals surface area contributed by atoms with Crippen molar-refractivity contribution >= 4 is 0 Å². The van der Waals surface area contributed by atoms with Crippen molar-refractivity contribution in [2.75, 3.05) is 26.9 Å². The van der Waals surface area contributed by atoms with Crippen molar-refractivity contribution < 1.29 is 9.47 Å². The summed E-state index contributed by atoms with van der Waals surface area (Å²) in [7, 11) is 2.15. The van der Waals surface area contributed by atoms with Crippen LogP contribution in [0.1, 0.15) is 18.9 Å². The van der Waals surface area contributed by atoms with Crippen molar-refractivity contribution in [3.63, 3.8) is 0 Å². The maximum absolute atomic E-state index is 5.58. The van der Waals surface area contributed by atoms with E-state index in [0.717, 1.165) is 37.4 Å². The topological polar surface area (TPSA) is 47.7 Å². The van der Waals surface area contributed by atoms with Gasteiger partial charge in [-0.2, -0.15) is 0 Å². The molecule has 100 valence electrons. The first kappa shape index (κ1) is 13.2. The van der Waals surface area contributed by atoms with Gasteiger partial charge in [0.05, 0.1) is 0 Å². The van der Waals surface area contributed by atoms with Crippen LogP contribution in [-0.2, 0) is 6.42 Å². The lowest BCUT2D eigenvalue weighted by Crippen LogP contribution is -2.32. The molecule has 0 aromatic heterocycles. The van der Waals surface area contributed by atoms with Gasteiger partial charge in [-0.15, -0.1) is 0 Å². The zero-order chi connectivity index (χ0) is 13.0. The number of hydrogen-bond acceptors (Lipinski definition) is 4. The Hall–Kier alpha value is -1.26. The first-order valence-corrected chi connectivity index (χ1v) is 6.49. The molecule has 0 saturated heterocycles. The predicted molar refractivity (Wildman–Crippen MR) is 72.0 cm³/mol. The van der Waals surface area contributed by atoms with E-state index in [1.165, 1.54) is 5.56 Å². The fraction of sp³-hybridized carbons (Fsp3) is 0.571. The van der Waals surface area contributed by atoms with Gasteiger partial charge in [-0.3, -0.25) is 0 Å². The van der Waals surface area contributed by atoms with Gasteiger partial charge in [0.25, 0.3) is 0 Å². The van der Waals surface area contributed by atoms with E-state index >= 15 is 0 Å². The van der Waals surface area contributed by atoms with Crippen LogP contribution in [0.3, 0.4) is 0 Å². The van der Waals surface area contributed by atoms with Gasteiger partial charge in [-0.1, -0.05) is 6.07 Å². The molecule has 1 unspecified atom stereocenters. The van der Waals surface area contributed by atoms with E-state index in [4.69, 9.17) is 15.2 Å². The third-order valence-electron chi connectivity index (χ3n) is 3.53. The Morgan fingerprint density at radius 2 is 2.11 bits per heavy atom. The molecular formula is C14H22N2O2. The highest BCUT2D eigenvalue weighted by molar-refractivity contribution is 5.44. The highest BCUT2D eigenvalue weighted by Gasteiger charge is 2.14. The van der Waals surface area contributed by atoms with Gasteiger partial charge < -0.3 is 20.1 Å².